The molecule has 1 amide bonds. The molecule has 27 heavy (non-hydrogen) atoms. The van der Waals surface area contributed by atoms with Gasteiger partial charge >= 0.3 is 0 Å². The molecule has 1 heterocycles. The van der Waals surface area contributed by atoms with Crippen LogP contribution >= 0.6 is 11.3 Å². The van der Waals surface area contributed by atoms with Crippen LogP contribution in [0.1, 0.15) is 29.8 Å². The third-order valence-corrected chi connectivity index (χ3v) is 4.21. The molecule has 0 atom stereocenters. The lowest BCUT2D eigenvalue weighted by atomic mass is 10.2. The molecular weight excluding hydrogens is 367 g/mol. The summed E-state index contributed by atoms with van der Waals surface area (Å²) < 4.78 is 25.2. The molecule has 5 nitrogen and oxygen atoms in total. The lowest BCUT2D eigenvalue weighted by Crippen LogP contribution is -2.13. The highest BCUT2D eigenvalue weighted by Crippen LogP contribution is 2.26. The number of ether oxygens (including phenoxy) is 2. The van der Waals surface area contributed by atoms with Gasteiger partial charge < -0.3 is 9.47 Å². The SMILES string of the molecule is CC(C)Oc1cc(OCc2ccccc2F)cc(C(=O)Nc2nccs2)c1. The van der Waals surface area contributed by atoms with Gasteiger partial charge in [0.05, 0.1) is 6.10 Å². The number of nitrogens with one attached hydrogen (secondary N) is 1. The van der Waals surface area contributed by atoms with Gasteiger partial charge in [-0.05, 0) is 32.0 Å². The molecule has 0 aliphatic heterocycles. The molecule has 0 unspecified atom stereocenters. The van der Waals surface area contributed by atoms with Crippen LogP contribution < -0.4 is 14.8 Å². The number of hydrogen-bond acceptors (Lipinski definition) is 5. The molecule has 2 aromatic carbocycles. The minimum atomic E-state index is -0.339. The maximum Gasteiger partial charge on any atom is 0.257 e. The largest absolute Gasteiger partial charge is 0.491 e. The number of hydrogen-bond donors (Lipinski definition) is 1. The lowest BCUT2D eigenvalue weighted by molar-refractivity contribution is 0.102. The molecular formula is C20H19FN2O3S. The van der Waals surface area contributed by atoms with Crippen LogP contribution in [0.4, 0.5) is 9.52 Å². The van der Waals surface area contributed by atoms with Crippen LogP contribution in [0.25, 0.3) is 0 Å². The van der Waals surface area contributed by atoms with E-state index in [4.69, 9.17) is 9.47 Å². The maximum absolute atomic E-state index is 13.8. The molecule has 0 aliphatic carbocycles. The van der Waals surface area contributed by atoms with Gasteiger partial charge in [-0.3, -0.25) is 10.1 Å². The van der Waals surface area contributed by atoms with E-state index in [-0.39, 0.29) is 24.4 Å². The van der Waals surface area contributed by atoms with E-state index < -0.39 is 0 Å². The summed E-state index contributed by atoms with van der Waals surface area (Å²) in [5.41, 5.74) is 0.799. The second-order valence-corrected chi connectivity index (χ2v) is 6.93. The molecule has 3 rings (SSSR count). The van der Waals surface area contributed by atoms with Crippen molar-refractivity contribution in [2.45, 2.75) is 26.6 Å². The average Bonchev–Trinajstić information content (AvgIpc) is 3.13. The van der Waals surface area contributed by atoms with Crippen molar-refractivity contribution in [2.24, 2.45) is 0 Å². The van der Waals surface area contributed by atoms with E-state index in [0.717, 1.165) is 0 Å². The number of aromatic nitrogens is 1. The van der Waals surface area contributed by atoms with Gasteiger partial charge in [0, 0.05) is 28.8 Å². The fraction of sp³-hybridized carbons (Fsp3) is 0.200. The monoisotopic (exact) mass is 386 g/mol. The molecule has 1 aromatic heterocycles. The summed E-state index contributed by atoms with van der Waals surface area (Å²) in [5.74, 6) is 0.254. The molecule has 0 spiro atoms. The van der Waals surface area contributed by atoms with E-state index in [9.17, 15) is 9.18 Å². The first kappa shape index (κ1) is 18.8. The Labute approximate surface area is 160 Å². The highest BCUT2D eigenvalue weighted by Gasteiger charge is 2.13. The van der Waals surface area contributed by atoms with E-state index in [0.29, 0.717) is 27.8 Å². The number of anilines is 1. The number of halogens is 1. The maximum atomic E-state index is 13.8. The van der Waals surface area contributed by atoms with Gasteiger partial charge in [0.2, 0.25) is 0 Å². The Bertz CT molecular complexity index is 913. The fourth-order valence-corrected chi connectivity index (χ4v) is 2.88. The predicted molar refractivity (Wildman–Crippen MR) is 103 cm³/mol. The molecule has 7 heteroatoms. The van der Waals surface area contributed by atoms with Crippen molar-refractivity contribution in [1.82, 2.24) is 4.98 Å². The molecule has 0 fully saturated rings. The van der Waals surface area contributed by atoms with Crippen LogP contribution in [0.2, 0.25) is 0 Å². The quantitative estimate of drug-likeness (QED) is 0.627. The number of rotatable bonds is 7. The topological polar surface area (TPSA) is 60.5 Å². The highest BCUT2D eigenvalue weighted by atomic mass is 32.1. The first-order valence-corrected chi connectivity index (χ1v) is 9.28. The van der Waals surface area contributed by atoms with Crippen molar-refractivity contribution in [3.8, 4) is 11.5 Å². The summed E-state index contributed by atoms with van der Waals surface area (Å²) in [5, 5.41) is 5.00. The van der Waals surface area contributed by atoms with E-state index in [1.807, 2.05) is 13.8 Å². The Morgan fingerprint density at radius 2 is 2.00 bits per heavy atom. The minimum absolute atomic E-state index is 0.0470. The molecule has 0 bridgehead atoms. The van der Waals surface area contributed by atoms with Crippen molar-refractivity contribution in [1.29, 1.82) is 0 Å². The van der Waals surface area contributed by atoms with Crippen LogP contribution in [0.5, 0.6) is 11.5 Å². The van der Waals surface area contributed by atoms with Crippen molar-refractivity contribution < 1.29 is 18.7 Å². The van der Waals surface area contributed by atoms with Crippen LogP contribution in [-0.4, -0.2) is 17.0 Å². The molecule has 0 aliphatic rings. The Hall–Kier alpha value is -2.93. The predicted octanol–water partition coefficient (Wildman–Crippen LogP) is 4.90. The number of thiazole rings is 1. The van der Waals surface area contributed by atoms with Gasteiger partial charge in [-0.1, -0.05) is 18.2 Å². The van der Waals surface area contributed by atoms with Gasteiger partial charge in [-0.2, -0.15) is 0 Å². The molecule has 3 aromatic rings. The summed E-state index contributed by atoms with van der Waals surface area (Å²) in [6.07, 6.45) is 1.54. The molecule has 140 valence electrons. The van der Waals surface area contributed by atoms with Crippen LogP contribution in [0, 0.1) is 5.82 Å². The molecule has 1 N–H and O–H groups in total. The summed E-state index contributed by atoms with van der Waals surface area (Å²) in [7, 11) is 0. The normalized spacial score (nSPS) is 10.7. The summed E-state index contributed by atoms with van der Waals surface area (Å²) in [6.45, 7) is 3.83. The first-order chi connectivity index (χ1) is 13.0. The van der Waals surface area contributed by atoms with Crippen LogP contribution in [-0.2, 0) is 6.61 Å². The number of amides is 1. The van der Waals surface area contributed by atoms with E-state index in [1.54, 1.807) is 48.0 Å². The standard InChI is InChI=1S/C20H19FN2O3S/c1-13(2)26-17-10-15(19(24)23-20-22-7-8-27-20)9-16(11-17)25-12-14-5-3-4-6-18(14)21/h3-11,13H,12H2,1-2H3,(H,22,23,24). The number of benzene rings is 2. The third-order valence-electron chi connectivity index (χ3n) is 3.52. The van der Waals surface area contributed by atoms with Crippen molar-refractivity contribution in [3.05, 3.63) is 71.0 Å². The van der Waals surface area contributed by atoms with Gasteiger partial charge in [-0.15, -0.1) is 11.3 Å². The number of carbonyl (C=O) groups excluding carboxylic acids is 1. The summed E-state index contributed by atoms with van der Waals surface area (Å²) in [6, 6.07) is 11.3. The zero-order valence-corrected chi connectivity index (χ0v) is 15.8. The summed E-state index contributed by atoms with van der Waals surface area (Å²) >= 11 is 1.33. The third kappa shape index (κ3) is 5.27. The number of carbonyl (C=O) groups is 1. The Balaban J connectivity index is 1.81. The second kappa shape index (κ2) is 8.64. The van der Waals surface area contributed by atoms with E-state index in [2.05, 4.69) is 10.3 Å². The van der Waals surface area contributed by atoms with Crippen molar-refractivity contribution >= 4 is 22.4 Å². The smallest absolute Gasteiger partial charge is 0.257 e. The summed E-state index contributed by atoms with van der Waals surface area (Å²) in [4.78, 5) is 16.6. The zero-order chi connectivity index (χ0) is 19.2. The lowest BCUT2D eigenvalue weighted by Gasteiger charge is -2.14. The van der Waals surface area contributed by atoms with Crippen molar-refractivity contribution in [3.63, 3.8) is 0 Å². The fourth-order valence-electron chi connectivity index (χ4n) is 2.36. The Morgan fingerprint density at radius 3 is 2.70 bits per heavy atom. The molecule has 0 radical (unpaired) electrons. The zero-order valence-electron chi connectivity index (χ0n) is 14.9. The average molecular weight is 386 g/mol. The van der Waals surface area contributed by atoms with Gasteiger partial charge in [-0.25, -0.2) is 9.37 Å². The van der Waals surface area contributed by atoms with E-state index >= 15 is 0 Å². The highest BCUT2D eigenvalue weighted by molar-refractivity contribution is 7.13. The van der Waals surface area contributed by atoms with Crippen molar-refractivity contribution in [2.75, 3.05) is 5.32 Å². The first-order valence-electron chi connectivity index (χ1n) is 8.40. The van der Waals surface area contributed by atoms with Crippen LogP contribution in [0.3, 0.4) is 0 Å². The Kier molecular flexibility index (Phi) is 6.03. The van der Waals surface area contributed by atoms with Gasteiger partial charge in [0.15, 0.2) is 5.13 Å². The van der Waals surface area contributed by atoms with Gasteiger partial charge in [0.1, 0.15) is 23.9 Å². The Morgan fingerprint density at radius 1 is 1.22 bits per heavy atom. The van der Waals surface area contributed by atoms with Crippen LogP contribution in [0.15, 0.2) is 54.0 Å². The molecule has 0 saturated heterocycles. The van der Waals surface area contributed by atoms with Gasteiger partial charge in [0.25, 0.3) is 5.91 Å². The molecule has 0 saturated carbocycles. The van der Waals surface area contributed by atoms with E-state index in [1.165, 1.54) is 17.4 Å². The second-order valence-electron chi connectivity index (χ2n) is 6.03. The minimum Gasteiger partial charge on any atom is -0.491 e. The number of nitrogens with zero attached hydrogens (tertiary/aromatic N) is 1.